The van der Waals surface area contributed by atoms with Crippen LogP contribution in [-0.2, 0) is 0 Å². The molecule has 0 spiro atoms. The zero-order chi connectivity index (χ0) is 13.2. The van der Waals surface area contributed by atoms with Gasteiger partial charge in [-0.15, -0.1) is 0 Å². The molecule has 104 valence electrons. The molecule has 1 heterocycles. The van der Waals surface area contributed by atoms with Gasteiger partial charge in [-0.1, -0.05) is 48.9 Å². The van der Waals surface area contributed by atoms with Crippen LogP contribution in [0, 0.1) is 0 Å². The molecule has 1 fully saturated rings. The van der Waals surface area contributed by atoms with Crippen molar-refractivity contribution in [2.24, 2.45) is 0 Å². The monoisotopic (exact) mass is 316 g/mol. The van der Waals surface area contributed by atoms with Gasteiger partial charge in [-0.3, -0.25) is 0 Å². The van der Waals surface area contributed by atoms with E-state index in [9.17, 15) is 0 Å². The Morgan fingerprint density at radius 2 is 1.74 bits per heavy atom. The van der Waals surface area contributed by atoms with Crippen molar-refractivity contribution in [1.82, 2.24) is 4.72 Å². The Kier molecular flexibility index (Phi) is 4.47. The lowest BCUT2D eigenvalue weighted by atomic mass is 10.1. The number of nitrogens with zero attached hydrogens (tertiary/aromatic N) is 1. The minimum Gasteiger partial charge on any atom is -0.354 e. The number of halogens is 2. The number of fused-ring (bicyclic) bond motifs is 1. The third-order valence-corrected chi connectivity index (χ3v) is 5.54. The second-order valence-corrected chi connectivity index (χ2v) is 7.00. The number of hydrogen-bond donors (Lipinski definition) is 1. The molecule has 2 nitrogen and oxygen atoms in total. The number of anilines is 1. The van der Waals surface area contributed by atoms with E-state index in [0.717, 1.165) is 6.67 Å². The van der Waals surface area contributed by atoms with Crippen LogP contribution in [-0.4, -0.2) is 12.7 Å². The number of hydrogen-bond acceptors (Lipinski definition) is 3. The molecule has 3 rings (SSSR count). The average Bonchev–Trinajstić information content (AvgIpc) is 2.68. The molecule has 1 N–H and O–H groups in total. The zero-order valence-electron chi connectivity index (χ0n) is 10.8. The van der Waals surface area contributed by atoms with Gasteiger partial charge in [0.15, 0.2) is 0 Å². The maximum atomic E-state index is 6.19. The van der Waals surface area contributed by atoms with E-state index in [0.29, 0.717) is 16.1 Å². The summed E-state index contributed by atoms with van der Waals surface area (Å²) in [5, 5.41) is 1.29. The molecular weight excluding hydrogens is 299 g/mol. The Hall–Kier alpha value is -0.0900. The Morgan fingerprint density at radius 1 is 1.05 bits per heavy atom. The first-order valence-electron chi connectivity index (χ1n) is 6.91. The third kappa shape index (κ3) is 2.99. The highest BCUT2D eigenvalue weighted by Gasteiger charge is 2.26. The Balaban J connectivity index is 1.90. The summed E-state index contributed by atoms with van der Waals surface area (Å²) in [5.74, 6) is 0. The Labute approximate surface area is 129 Å². The molecule has 1 aliphatic carbocycles. The Morgan fingerprint density at radius 3 is 2.47 bits per heavy atom. The van der Waals surface area contributed by atoms with Crippen molar-refractivity contribution in [2.75, 3.05) is 11.6 Å². The lowest BCUT2D eigenvalue weighted by molar-refractivity contribution is 0.517. The van der Waals surface area contributed by atoms with Crippen LogP contribution in [0.25, 0.3) is 0 Å². The molecule has 19 heavy (non-hydrogen) atoms. The highest BCUT2D eigenvalue weighted by Crippen LogP contribution is 2.40. The molecule has 1 aliphatic heterocycles. The fourth-order valence-corrected chi connectivity index (χ4v) is 4.19. The predicted molar refractivity (Wildman–Crippen MR) is 84.3 cm³/mol. The quantitative estimate of drug-likeness (QED) is 0.574. The standard InChI is InChI=1S/C14H18Cl2N2S/c15-11-7-13-14(8-12(11)16)19-17-9-18(13)10-5-3-1-2-4-6-10/h7-8,10,17H,1-6,9H2. The van der Waals surface area contributed by atoms with E-state index in [1.54, 1.807) is 11.9 Å². The lowest BCUT2D eigenvalue weighted by Gasteiger charge is -2.37. The summed E-state index contributed by atoms with van der Waals surface area (Å²) >= 11 is 14.0. The topological polar surface area (TPSA) is 15.3 Å². The van der Waals surface area contributed by atoms with Gasteiger partial charge in [-0.2, -0.15) is 0 Å². The smallest absolute Gasteiger partial charge is 0.0781 e. The van der Waals surface area contributed by atoms with Crippen molar-refractivity contribution in [1.29, 1.82) is 0 Å². The van der Waals surface area contributed by atoms with Crippen LogP contribution in [0.5, 0.6) is 0 Å². The van der Waals surface area contributed by atoms with Crippen LogP contribution in [0.3, 0.4) is 0 Å². The van der Waals surface area contributed by atoms with Crippen molar-refractivity contribution in [3.63, 3.8) is 0 Å². The van der Waals surface area contributed by atoms with Gasteiger partial charge in [0, 0.05) is 10.9 Å². The predicted octanol–water partition coefficient (Wildman–Crippen LogP) is 5.09. The first-order chi connectivity index (χ1) is 9.25. The summed E-state index contributed by atoms with van der Waals surface area (Å²) < 4.78 is 3.40. The van der Waals surface area contributed by atoms with E-state index in [2.05, 4.69) is 9.62 Å². The van der Waals surface area contributed by atoms with Gasteiger partial charge in [0.05, 0.1) is 22.4 Å². The van der Waals surface area contributed by atoms with Crippen LogP contribution in [0.4, 0.5) is 5.69 Å². The summed E-state index contributed by atoms with van der Waals surface area (Å²) in [5.41, 5.74) is 1.24. The normalized spacial score (nSPS) is 21.1. The van der Waals surface area contributed by atoms with E-state index < -0.39 is 0 Å². The van der Waals surface area contributed by atoms with Crippen LogP contribution in [0.1, 0.15) is 38.5 Å². The fourth-order valence-electron chi connectivity index (χ4n) is 2.98. The van der Waals surface area contributed by atoms with Gasteiger partial charge < -0.3 is 4.90 Å². The van der Waals surface area contributed by atoms with E-state index in [1.807, 2.05) is 12.1 Å². The number of rotatable bonds is 1. The van der Waals surface area contributed by atoms with Crippen LogP contribution in [0.2, 0.25) is 10.0 Å². The van der Waals surface area contributed by atoms with Crippen molar-refractivity contribution in [3.05, 3.63) is 22.2 Å². The van der Waals surface area contributed by atoms with Crippen LogP contribution >= 0.6 is 35.1 Å². The van der Waals surface area contributed by atoms with Crippen LogP contribution < -0.4 is 9.62 Å². The van der Waals surface area contributed by atoms with Crippen molar-refractivity contribution in [2.45, 2.75) is 49.5 Å². The molecule has 1 saturated carbocycles. The number of nitrogens with one attached hydrogen (secondary N) is 1. The van der Waals surface area contributed by atoms with Gasteiger partial charge in [0.2, 0.25) is 0 Å². The minimum atomic E-state index is 0.631. The summed E-state index contributed by atoms with van der Waals surface area (Å²) in [6.45, 7) is 0.889. The first kappa shape index (κ1) is 13.9. The van der Waals surface area contributed by atoms with Gasteiger partial charge in [-0.05, 0) is 36.9 Å². The largest absolute Gasteiger partial charge is 0.354 e. The van der Waals surface area contributed by atoms with E-state index in [4.69, 9.17) is 23.2 Å². The van der Waals surface area contributed by atoms with Gasteiger partial charge in [0.25, 0.3) is 0 Å². The molecule has 2 aliphatic rings. The van der Waals surface area contributed by atoms with E-state index >= 15 is 0 Å². The van der Waals surface area contributed by atoms with E-state index in [-0.39, 0.29) is 0 Å². The van der Waals surface area contributed by atoms with Gasteiger partial charge >= 0.3 is 0 Å². The molecule has 1 aromatic carbocycles. The molecule has 1 aromatic rings. The Bertz CT molecular complexity index is 459. The van der Waals surface area contributed by atoms with Crippen molar-refractivity contribution in [3.8, 4) is 0 Å². The zero-order valence-corrected chi connectivity index (χ0v) is 13.1. The SMILES string of the molecule is Clc1cc2c(cc1Cl)N(C1CCCCCC1)CNS2. The van der Waals surface area contributed by atoms with E-state index in [1.165, 1.54) is 49.1 Å². The summed E-state index contributed by atoms with van der Waals surface area (Å²) in [6, 6.07) is 4.63. The minimum absolute atomic E-state index is 0.631. The first-order valence-corrected chi connectivity index (χ1v) is 8.48. The summed E-state index contributed by atoms with van der Waals surface area (Å²) in [7, 11) is 0. The molecule has 0 radical (unpaired) electrons. The highest BCUT2D eigenvalue weighted by atomic mass is 35.5. The van der Waals surface area contributed by atoms with Gasteiger partial charge in [-0.25, -0.2) is 4.72 Å². The maximum absolute atomic E-state index is 6.19. The van der Waals surface area contributed by atoms with Crippen molar-refractivity contribution >= 4 is 40.8 Å². The van der Waals surface area contributed by atoms with Crippen LogP contribution in [0.15, 0.2) is 17.0 Å². The molecule has 0 atom stereocenters. The fraction of sp³-hybridized carbons (Fsp3) is 0.571. The van der Waals surface area contributed by atoms with Crippen molar-refractivity contribution < 1.29 is 0 Å². The maximum Gasteiger partial charge on any atom is 0.0781 e. The lowest BCUT2D eigenvalue weighted by Crippen LogP contribution is -2.42. The third-order valence-electron chi connectivity index (χ3n) is 3.99. The summed E-state index contributed by atoms with van der Waals surface area (Å²) in [4.78, 5) is 3.66. The molecule has 0 amide bonds. The molecule has 0 saturated heterocycles. The molecule has 0 bridgehead atoms. The number of benzene rings is 1. The summed E-state index contributed by atoms with van der Waals surface area (Å²) in [6.07, 6.45) is 8.00. The highest BCUT2D eigenvalue weighted by molar-refractivity contribution is 7.97. The second kappa shape index (κ2) is 6.13. The van der Waals surface area contributed by atoms with Gasteiger partial charge in [0.1, 0.15) is 0 Å². The molecule has 0 aromatic heterocycles. The molecule has 5 heteroatoms. The second-order valence-electron chi connectivity index (χ2n) is 5.25. The average molecular weight is 317 g/mol. The molecule has 0 unspecified atom stereocenters. The molecular formula is C14H18Cl2N2S.